The fourth-order valence-electron chi connectivity index (χ4n) is 1.88. The van der Waals surface area contributed by atoms with Crippen molar-refractivity contribution in [1.29, 1.82) is 0 Å². The molecule has 0 unspecified atom stereocenters. The van der Waals surface area contributed by atoms with Gasteiger partial charge in [-0.05, 0) is 36.6 Å². The number of phenolic OH excluding ortho intramolecular Hbond substituents is 1. The van der Waals surface area contributed by atoms with Gasteiger partial charge in [-0.1, -0.05) is 0 Å². The quantitative estimate of drug-likeness (QED) is 0.745. The average Bonchev–Trinajstić information content (AvgIpc) is 2.37. The van der Waals surface area contributed by atoms with Crippen molar-refractivity contribution in [3.05, 3.63) is 35.9 Å². The third kappa shape index (κ3) is 2.73. The van der Waals surface area contributed by atoms with Crippen LogP contribution >= 0.6 is 0 Å². The molecule has 0 aromatic heterocycles. The molecule has 0 spiro atoms. The fourth-order valence-corrected chi connectivity index (χ4v) is 2.41. The minimum Gasteiger partial charge on any atom is -0.507 e. The summed E-state index contributed by atoms with van der Waals surface area (Å²) in [7, 11) is -4.42. The third-order valence-electron chi connectivity index (χ3n) is 2.80. The molecule has 0 fully saturated rings. The number of rotatable bonds is 3. The maximum absolute atomic E-state index is 11.7. The Hall–Kier alpha value is -2.12. The molecule has 2 rings (SSSR count). The van der Waals surface area contributed by atoms with Gasteiger partial charge in [0.25, 0.3) is 16.0 Å². The number of nitrogens with one attached hydrogen (secondary N) is 1. The third-order valence-corrected chi connectivity index (χ3v) is 3.63. The number of benzene rings is 2. The summed E-state index contributed by atoms with van der Waals surface area (Å²) in [5.74, 6) is -0.580. The van der Waals surface area contributed by atoms with Gasteiger partial charge in [0.1, 0.15) is 5.75 Å². The van der Waals surface area contributed by atoms with Gasteiger partial charge >= 0.3 is 0 Å². The normalized spacial score (nSPS) is 11.5. The molecule has 106 valence electrons. The molecule has 0 atom stereocenters. The summed E-state index contributed by atoms with van der Waals surface area (Å²) in [6.45, 7) is 2.24. The molecule has 0 bridgehead atoms. The second kappa shape index (κ2) is 5.10. The van der Waals surface area contributed by atoms with Crippen molar-refractivity contribution in [2.45, 2.75) is 11.8 Å². The molecule has 0 saturated heterocycles. The summed E-state index contributed by atoms with van der Waals surface area (Å²) in [6.07, 6.45) is 0. The van der Waals surface area contributed by atoms with Crippen LogP contribution in [0.15, 0.2) is 35.2 Å². The first-order valence-corrected chi connectivity index (χ1v) is 7.29. The first-order valence-electron chi connectivity index (χ1n) is 5.85. The van der Waals surface area contributed by atoms with Gasteiger partial charge in [0.2, 0.25) is 0 Å². The summed E-state index contributed by atoms with van der Waals surface area (Å²) in [5.41, 5.74) is 0.339. The van der Waals surface area contributed by atoms with E-state index in [0.29, 0.717) is 22.9 Å². The van der Waals surface area contributed by atoms with Gasteiger partial charge in [0, 0.05) is 23.6 Å². The zero-order chi connectivity index (χ0) is 14.9. The number of hydrogen-bond donors (Lipinski definition) is 3. The molecule has 0 aliphatic rings. The van der Waals surface area contributed by atoms with Gasteiger partial charge in [0.05, 0.1) is 4.90 Å². The molecule has 0 aliphatic carbocycles. The van der Waals surface area contributed by atoms with Crippen molar-refractivity contribution >= 4 is 26.8 Å². The highest BCUT2D eigenvalue weighted by atomic mass is 32.2. The fraction of sp³-hybridized carbons (Fsp3) is 0.154. The summed E-state index contributed by atoms with van der Waals surface area (Å²) in [6, 6.07) is 6.66. The highest BCUT2D eigenvalue weighted by Gasteiger charge is 2.14. The number of fused-ring (bicyclic) bond motifs is 1. The van der Waals surface area contributed by atoms with Gasteiger partial charge in [-0.3, -0.25) is 9.35 Å². The number of carbonyl (C=O) groups excluding carboxylic acids is 1. The van der Waals surface area contributed by atoms with Crippen molar-refractivity contribution < 1.29 is 22.9 Å². The van der Waals surface area contributed by atoms with Crippen LogP contribution in [0.25, 0.3) is 10.8 Å². The zero-order valence-corrected chi connectivity index (χ0v) is 11.4. The van der Waals surface area contributed by atoms with Crippen LogP contribution in [0.5, 0.6) is 5.75 Å². The Kier molecular flexibility index (Phi) is 3.65. The number of aromatic hydroxyl groups is 1. The van der Waals surface area contributed by atoms with Gasteiger partial charge in [-0.15, -0.1) is 0 Å². The molecule has 0 saturated carbocycles. The summed E-state index contributed by atoms with van der Waals surface area (Å²) >= 11 is 0. The number of amides is 1. The summed E-state index contributed by atoms with van der Waals surface area (Å²) < 4.78 is 31.2. The van der Waals surface area contributed by atoms with E-state index in [1.807, 2.05) is 0 Å². The van der Waals surface area contributed by atoms with E-state index in [0.717, 1.165) is 6.07 Å². The Balaban J connectivity index is 2.64. The van der Waals surface area contributed by atoms with Gasteiger partial charge in [-0.25, -0.2) is 0 Å². The van der Waals surface area contributed by atoms with E-state index in [-0.39, 0.29) is 11.7 Å². The highest BCUT2D eigenvalue weighted by molar-refractivity contribution is 7.85. The summed E-state index contributed by atoms with van der Waals surface area (Å²) in [4.78, 5) is 11.3. The van der Waals surface area contributed by atoms with E-state index in [1.165, 1.54) is 24.3 Å². The van der Waals surface area contributed by atoms with Crippen LogP contribution in [-0.4, -0.2) is 30.5 Å². The topological polar surface area (TPSA) is 104 Å². The Morgan fingerprint density at radius 1 is 1.25 bits per heavy atom. The van der Waals surface area contributed by atoms with Crippen LogP contribution in [-0.2, 0) is 10.1 Å². The van der Waals surface area contributed by atoms with E-state index in [9.17, 15) is 18.3 Å². The maximum atomic E-state index is 11.7. The van der Waals surface area contributed by atoms with Crippen LogP contribution in [0.1, 0.15) is 17.3 Å². The largest absolute Gasteiger partial charge is 0.507 e. The molecule has 6 nitrogen and oxygen atoms in total. The van der Waals surface area contributed by atoms with Crippen molar-refractivity contribution in [1.82, 2.24) is 5.32 Å². The lowest BCUT2D eigenvalue weighted by Crippen LogP contribution is -2.22. The van der Waals surface area contributed by atoms with Crippen molar-refractivity contribution in [3.63, 3.8) is 0 Å². The Morgan fingerprint density at radius 3 is 2.55 bits per heavy atom. The van der Waals surface area contributed by atoms with Crippen LogP contribution in [0.3, 0.4) is 0 Å². The monoisotopic (exact) mass is 295 g/mol. The SMILES string of the molecule is CCNC(=O)c1ccc2c(O)cc(S(=O)(=O)O)cc2c1. The van der Waals surface area contributed by atoms with E-state index in [4.69, 9.17) is 4.55 Å². The van der Waals surface area contributed by atoms with E-state index in [1.54, 1.807) is 6.92 Å². The molecular formula is C13H13NO5S. The predicted octanol–water partition coefficient (Wildman–Crippen LogP) is 1.54. The van der Waals surface area contributed by atoms with E-state index in [2.05, 4.69) is 5.32 Å². The minimum absolute atomic E-state index is 0.280. The first-order chi connectivity index (χ1) is 9.32. The second-order valence-corrected chi connectivity index (χ2v) is 5.63. The smallest absolute Gasteiger partial charge is 0.294 e. The van der Waals surface area contributed by atoms with Crippen molar-refractivity contribution in [2.24, 2.45) is 0 Å². The Labute approximate surface area is 115 Å². The molecule has 20 heavy (non-hydrogen) atoms. The molecule has 2 aromatic carbocycles. The predicted molar refractivity (Wildman–Crippen MR) is 73.4 cm³/mol. The van der Waals surface area contributed by atoms with Crippen LogP contribution in [0.4, 0.5) is 0 Å². The maximum Gasteiger partial charge on any atom is 0.294 e. The van der Waals surface area contributed by atoms with Gasteiger partial charge in [-0.2, -0.15) is 8.42 Å². The molecule has 0 heterocycles. The second-order valence-electron chi connectivity index (χ2n) is 4.21. The first kappa shape index (κ1) is 14.3. The van der Waals surface area contributed by atoms with Crippen LogP contribution < -0.4 is 5.32 Å². The lowest BCUT2D eigenvalue weighted by Gasteiger charge is -2.07. The standard InChI is InChI=1S/C13H13NO5S/c1-2-14-13(16)8-3-4-11-9(5-8)6-10(7-12(11)15)20(17,18)19/h3-7,15H,2H2,1H3,(H,14,16)(H,17,18,19). The molecular weight excluding hydrogens is 282 g/mol. The Morgan fingerprint density at radius 2 is 1.95 bits per heavy atom. The molecule has 3 N–H and O–H groups in total. The average molecular weight is 295 g/mol. The molecule has 2 aromatic rings. The number of hydrogen-bond acceptors (Lipinski definition) is 4. The molecule has 0 radical (unpaired) electrons. The minimum atomic E-state index is -4.42. The number of carbonyl (C=O) groups is 1. The summed E-state index contributed by atoms with van der Waals surface area (Å²) in [5, 5.41) is 13.1. The molecule has 7 heteroatoms. The van der Waals surface area contributed by atoms with Gasteiger partial charge < -0.3 is 10.4 Å². The van der Waals surface area contributed by atoms with Gasteiger partial charge in [0.15, 0.2) is 0 Å². The van der Waals surface area contributed by atoms with Crippen LogP contribution in [0.2, 0.25) is 0 Å². The molecule has 1 amide bonds. The lowest BCUT2D eigenvalue weighted by atomic mass is 10.1. The van der Waals surface area contributed by atoms with Crippen molar-refractivity contribution in [2.75, 3.05) is 6.54 Å². The zero-order valence-electron chi connectivity index (χ0n) is 10.6. The Bertz CT molecular complexity index is 783. The van der Waals surface area contributed by atoms with E-state index >= 15 is 0 Å². The lowest BCUT2D eigenvalue weighted by molar-refractivity contribution is 0.0956. The van der Waals surface area contributed by atoms with E-state index < -0.39 is 15.0 Å². The van der Waals surface area contributed by atoms with Crippen molar-refractivity contribution in [3.8, 4) is 5.75 Å². The van der Waals surface area contributed by atoms with Crippen LogP contribution in [0, 0.1) is 0 Å². The number of phenols is 1. The highest BCUT2D eigenvalue weighted by Crippen LogP contribution is 2.29. The molecule has 0 aliphatic heterocycles.